The Hall–Kier alpha value is -1.85. The Labute approximate surface area is 150 Å². The average molecular weight is 363 g/mol. The van der Waals surface area contributed by atoms with Crippen molar-refractivity contribution in [2.24, 2.45) is 11.0 Å². The fourth-order valence-electron chi connectivity index (χ4n) is 3.04. The Balaban J connectivity index is 1.94. The first-order valence-corrected chi connectivity index (χ1v) is 9.13. The molecule has 0 saturated heterocycles. The van der Waals surface area contributed by atoms with Crippen LogP contribution in [0.25, 0.3) is 0 Å². The molecule has 1 unspecified atom stereocenters. The number of hydrogen-bond donors (Lipinski definition) is 2. The topological polar surface area (TPSA) is 61.7 Å². The second-order valence-corrected chi connectivity index (χ2v) is 7.77. The van der Waals surface area contributed by atoms with Crippen molar-refractivity contribution >= 4 is 40.3 Å². The molecule has 2 aromatic rings. The number of hydrazone groups is 1. The standard InChI is InChI=1S/C18H19ClN2O2S/c1-11-9-15-16(24-11)4-2-3-12(10-17(22)23)18(15)21-20-14-7-5-13(19)6-8-14/h5-9,12,20H,2-4,10H2,1H3,(H,22,23)/b21-18+. The van der Waals surface area contributed by atoms with Crippen LogP contribution in [0.3, 0.4) is 0 Å². The van der Waals surface area contributed by atoms with E-state index in [4.69, 9.17) is 11.6 Å². The maximum absolute atomic E-state index is 11.3. The van der Waals surface area contributed by atoms with E-state index in [0.717, 1.165) is 36.2 Å². The number of rotatable bonds is 4. The quantitative estimate of drug-likeness (QED) is 0.597. The van der Waals surface area contributed by atoms with E-state index in [9.17, 15) is 9.90 Å². The number of carboxylic acid groups (broad SMARTS) is 1. The zero-order chi connectivity index (χ0) is 17.1. The predicted molar refractivity (Wildman–Crippen MR) is 99.3 cm³/mol. The van der Waals surface area contributed by atoms with Gasteiger partial charge in [0.1, 0.15) is 0 Å². The monoisotopic (exact) mass is 362 g/mol. The summed E-state index contributed by atoms with van der Waals surface area (Å²) in [6, 6.07) is 9.44. The summed E-state index contributed by atoms with van der Waals surface area (Å²) in [5.41, 5.74) is 5.85. The van der Waals surface area contributed by atoms with Gasteiger partial charge in [-0.1, -0.05) is 11.6 Å². The summed E-state index contributed by atoms with van der Waals surface area (Å²) in [5, 5.41) is 14.5. The van der Waals surface area contributed by atoms with Crippen LogP contribution in [-0.4, -0.2) is 16.8 Å². The Morgan fingerprint density at radius 1 is 1.42 bits per heavy atom. The number of fused-ring (bicyclic) bond motifs is 1. The summed E-state index contributed by atoms with van der Waals surface area (Å²) in [6.07, 6.45) is 2.93. The smallest absolute Gasteiger partial charge is 0.304 e. The number of nitrogens with zero attached hydrogens (tertiary/aromatic N) is 1. The number of aryl methyl sites for hydroxylation is 2. The van der Waals surface area contributed by atoms with E-state index >= 15 is 0 Å². The van der Waals surface area contributed by atoms with E-state index in [0.29, 0.717) is 5.02 Å². The second kappa shape index (κ2) is 7.36. The van der Waals surface area contributed by atoms with Crippen molar-refractivity contribution < 1.29 is 9.90 Å². The second-order valence-electron chi connectivity index (χ2n) is 6.00. The highest BCUT2D eigenvalue weighted by Gasteiger charge is 2.27. The summed E-state index contributed by atoms with van der Waals surface area (Å²) in [6.45, 7) is 2.08. The maximum atomic E-state index is 11.3. The van der Waals surface area contributed by atoms with E-state index in [1.165, 1.54) is 9.75 Å². The molecule has 0 bridgehead atoms. The van der Waals surface area contributed by atoms with Crippen LogP contribution < -0.4 is 5.43 Å². The van der Waals surface area contributed by atoms with E-state index in [1.54, 1.807) is 23.5 Å². The fourth-order valence-corrected chi connectivity index (χ4v) is 4.25. The number of anilines is 1. The zero-order valence-electron chi connectivity index (χ0n) is 13.4. The first-order valence-electron chi connectivity index (χ1n) is 7.93. The van der Waals surface area contributed by atoms with Crippen LogP contribution in [-0.2, 0) is 11.2 Å². The van der Waals surface area contributed by atoms with Gasteiger partial charge in [-0.2, -0.15) is 5.10 Å². The van der Waals surface area contributed by atoms with Crippen LogP contribution >= 0.6 is 22.9 Å². The number of hydrogen-bond acceptors (Lipinski definition) is 4. The molecule has 1 aromatic carbocycles. The van der Waals surface area contributed by atoms with E-state index in [-0.39, 0.29) is 12.3 Å². The molecule has 0 fully saturated rings. The molecule has 3 rings (SSSR count). The van der Waals surface area contributed by atoms with Crippen molar-refractivity contribution in [2.75, 3.05) is 5.43 Å². The van der Waals surface area contributed by atoms with Crippen molar-refractivity contribution in [1.82, 2.24) is 0 Å². The van der Waals surface area contributed by atoms with E-state index < -0.39 is 5.97 Å². The van der Waals surface area contributed by atoms with Gasteiger partial charge in [0, 0.05) is 26.3 Å². The molecule has 0 saturated carbocycles. The van der Waals surface area contributed by atoms with Gasteiger partial charge in [0.15, 0.2) is 0 Å². The number of nitrogens with one attached hydrogen (secondary N) is 1. The van der Waals surface area contributed by atoms with Gasteiger partial charge in [-0.3, -0.25) is 10.2 Å². The molecule has 4 nitrogen and oxygen atoms in total. The molecule has 0 spiro atoms. The summed E-state index contributed by atoms with van der Waals surface area (Å²) in [5.74, 6) is -0.854. The molecule has 0 radical (unpaired) electrons. The predicted octanol–water partition coefficient (Wildman–Crippen LogP) is 4.95. The highest BCUT2D eigenvalue weighted by atomic mass is 35.5. The molecule has 0 aliphatic heterocycles. The molecular weight excluding hydrogens is 344 g/mol. The van der Waals surface area contributed by atoms with Crippen LogP contribution in [0.2, 0.25) is 5.02 Å². The number of benzene rings is 1. The normalized spacial score (nSPS) is 18.9. The Morgan fingerprint density at radius 3 is 2.88 bits per heavy atom. The Morgan fingerprint density at radius 2 is 2.17 bits per heavy atom. The summed E-state index contributed by atoms with van der Waals surface area (Å²) < 4.78 is 0. The van der Waals surface area contributed by atoms with Crippen LogP contribution in [0.1, 0.15) is 34.6 Å². The number of thiophene rings is 1. The lowest BCUT2D eigenvalue weighted by atomic mass is 9.92. The lowest BCUT2D eigenvalue weighted by Gasteiger charge is -2.15. The van der Waals surface area contributed by atoms with E-state index in [2.05, 4.69) is 23.5 Å². The van der Waals surface area contributed by atoms with Crippen LogP contribution in [0.15, 0.2) is 35.4 Å². The minimum Gasteiger partial charge on any atom is -0.481 e. The minimum absolute atomic E-state index is 0.0717. The third kappa shape index (κ3) is 3.97. The largest absolute Gasteiger partial charge is 0.481 e. The lowest BCUT2D eigenvalue weighted by molar-refractivity contribution is -0.137. The van der Waals surface area contributed by atoms with Crippen molar-refractivity contribution in [3.63, 3.8) is 0 Å². The van der Waals surface area contributed by atoms with Gasteiger partial charge in [0.25, 0.3) is 0 Å². The molecule has 2 N–H and O–H groups in total. The first kappa shape index (κ1) is 17.0. The third-order valence-corrected chi connectivity index (χ3v) is 5.48. The van der Waals surface area contributed by atoms with Gasteiger partial charge in [-0.05, 0) is 56.5 Å². The number of aliphatic carboxylic acids is 1. The molecule has 1 aliphatic carbocycles. The third-order valence-electron chi connectivity index (χ3n) is 4.12. The van der Waals surface area contributed by atoms with E-state index in [1.807, 2.05) is 12.1 Å². The van der Waals surface area contributed by atoms with Crippen LogP contribution in [0.5, 0.6) is 0 Å². The fraction of sp³-hybridized carbons (Fsp3) is 0.333. The molecule has 126 valence electrons. The maximum Gasteiger partial charge on any atom is 0.304 e. The van der Waals surface area contributed by atoms with Crippen molar-refractivity contribution in [3.05, 3.63) is 50.7 Å². The average Bonchev–Trinajstić information content (AvgIpc) is 2.82. The van der Waals surface area contributed by atoms with Gasteiger partial charge in [0.05, 0.1) is 17.8 Å². The molecule has 1 aliphatic rings. The lowest BCUT2D eigenvalue weighted by Crippen LogP contribution is -2.20. The van der Waals surface area contributed by atoms with Crippen LogP contribution in [0.4, 0.5) is 5.69 Å². The van der Waals surface area contributed by atoms with Crippen molar-refractivity contribution in [3.8, 4) is 0 Å². The number of carbonyl (C=O) groups is 1. The molecule has 1 heterocycles. The van der Waals surface area contributed by atoms with Gasteiger partial charge >= 0.3 is 5.97 Å². The van der Waals surface area contributed by atoms with Crippen molar-refractivity contribution in [2.45, 2.75) is 32.6 Å². The molecular formula is C18H19ClN2O2S. The summed E-state index contributed by atoms with van der Waals surface area (Å²) in [4.78, 5) is 13.8. The van der Waals surface area contributed by atoms with Crippen molar-refractivity contribution in [1.29, 1.82) is 0 Å². The molecule has 6 heteroatoms. The SMILES string of the molecule is Cc1cc2c(s1)CCCC(CC(=O)O)/C2=N\Nc1ccc(Cl)cc1. The van der Waals surface area contributed by atoms with Crippen LogP contribution in [0, 0.1) is 12.8 Å². The molecule has 0 amide bonds. The summed E-state index contributed by atoms with van der Waals surface area (Å²) in [7, 11) is 0. The van der Waals surface area contributed by atoms with Gasteiger partial charge in [0.2, 0.25) is 0 Å². The zero-order valence-corrected chi connectivity index (χ0v) is 15.0. The highest BCUT2D eigenvalue weighted by molar-refractivity contribution is 7.12. The minimum atomic E-state index is -0.783. The number of carboxylic acids is 1. The highest BCUT2D eigenvalue weighted by Crippen LogP contribution is 2.33. The first-order chi connectivity index (χ1) is 11.5. The number of halogens is 1. The Kier molecular flexibility index (Phi) is 5.21. The summed E-state index contributed by atoms with van der Waals surface area (Å²) >= 11 is 7.68. The van der Waals surface area contributed by atoms with Gasteiger partial charge in [-0.25, -0.2) is 0 Å². The molecule has 24 heavy (non-hydrogen) atoms. The Bertz CT molecular complexity index is 768. The molecule has 1 atom stereocenters. The molecule has 1 aromatic heterocycles. The van der Waals surface area contributed by atoms with Gasteiger partial charge in [-0.15, -0.1) is 11.3 Å². The van der Waals surface area contributed by atoms with Gasteiger partial charge < -0.3 is 5.11 Å².